The lowest BCUT2D eigenvalue weighted by Crippen LogP contribution is -2.21. The Morgan fingerprint density at radius 3 is 3.00 bits per heavy atom. The number of aromatic amines is 1. The van der Waals surface area contributed by atoms with Crippen molar-refractivity contribution in [3.8, 4) is 0 Å². The zero-order chi connectivity index (χ0) is 11.0. The van der Waals surface area contributed by atoms with Crippen molar-refractivity contribution in [1.82, 2.24) is 10.3 Å². The molecular weight excluding hydrogens is 196 g/mol. The molecule has 16 heavy (non-hydrogen) atoms. The van der Waals surface area contributed by atoms with Crippen LogP contribution in [0.4, 0.5) is 0 Å². The molecular formula is C14H18N2. The molecule has 0 saturated heterocycles. The summed E-state index contributed by atoms with van der Waals surface area (Å²) < 4.78 is 0. The van der Waals surface area contributed by atoms with Gasteiger partial charge in [-0.3, -0.25) is 0 Å². The highest BCUT2D eigenvalue weighted by atomic mass is 14.9. The van der Waals surface area contributed by atoms with Crippen molar-refractivity contribution in [1.29, 1.82) is 0 Å². The van der Waals surface area contributed by atoms with Gasteiger partial charge in [-0.15, -0.1) is 0 Å². The summed E-state index contributed by atoms with van der Waals surface area (Å²) in [5.41, 5.74) is 3.23. The molecule has 0 bridgehead atoms. The summed E-state index contributed by atoms with van der Waals surface area (Å²) in [5.74, 6) is 0. The van der Waals surface area contributed by atoms with E-state index < -0.39 is 0 Å². The van der Waals surface area contributed by atoms with Gasteiger partial charge in [-0.05, 0) is 35.3 Å². The third kappa shape index (κ3) is 1.85. The molecule has 1 saturated carbocycles. The highest BCUT2D eigenvalue weighted by Crippen LogP contribution is 2.44. The lowest BCUT2D eigenvalue weighted by molar-refractivity contribution is 0.500. The lowest BCUT2D eigenvalue weighted by atomic mass is 10.1. The van der Waals surface area contributed by atoms with Gasteiger partial charge in [-0.2, -0.15) is 0 Å². The lowest BCUT2D eigenvalue weighted by Gasteiger charge is -2.10. The molecule has 84 valence electrons. The first-order chi connectivity index (χ1) is 7.77. The molecule has 1 aliphatic rings. The first-order valence-corrected chi connectivity index (χ1v) is 6.03. The molecule has 0 amide bonds. The molecule has 0 atom stereocenters. The van der Waals surface area contributed by atoms with Crippen molar-refractivity contribution in [2.45, 2.75) is 26.3 Å². The topological polar surface area (TPSA) is 27.8 Å². The summed E-state index contributed by atoms with van der Waals surface area (Å²) in [7, 11) is 0. The minimum Gasteiger partial charge on any atom is -0.361 e. The van der Waals surface area contributed by atoms with Crippen molar-refractivity contribution in [3.63, 3.8) is 0 Å². The molecule has 1 aromatic carbocycles. The second kappa shape index (κ2) is 3.63. The van der Waals surface area contributed by atoms with Crippen LogP contribution in [-0.4, -0.2) is 11.5 Å². The van der Waals surface area contributed by atoms with Crippen LogP contribution in [0.3, 0.4) is 0 Å². The second-order valence-corrected chi connectivity index (χ2v) is 5.27. The van der Waals surface area contributed by atoms with E-state index in [2.05, 4.69) is 41.5 Å². The molecule has 3 rings (SSSR count). The Kier molecular flexibility index (Phi) is 2.25. The zero-order valence-electron chi connectivity index (χ0n) is 9.72. The van der Waals surface area contributed by atoms with Crippen molar-refractivity contribution < 1.29 is 0 Å². The van der Waals surface area contributed by atoms with Gasteiger partial charge in [0.2, 0.25) is 0 Å². The number of aromatic nitrogens is 1. The van der Waals surface area contributed by atoms with Crippen LogP contribution in [-0.2, 0) is 6.54 Å². The largest absolute Gasteiger partial charge is 0.361 e. The number of fused-ring (bicyclic) bond motifs is 1. The van der Waals surface area contributed by atoms with Crippen molar-refractivity contribution in [2.75, 3.05) is 6.54 Å². The van der Waals surface area contributed by atoms with E-state index in [1.807, 2.05) is 6.20 Å². The number of nitrogens with one attached hydrogen (secondary N) is 2. The zero-order valence-corrected chi connectivity index (χ0v) is 9.72. The first-order valence-electron chi connectivity index (χ1n) is 6.03. The van der Waals surface area contributed by atoms with Gasteiger partial charge in [0.15, 0.2) is 0 Å². The number of para-hydroxylation sites is 1. The smallest absolute Gasteiger partial charge is 0.0499 e. The van der Waals surface area contributed by atoms with Gasteiger partial charge >= 0.3 is 0 Å². The maximum atomic E-state index is 3.57. The highest BCUT2D eigenvalue weighted by Gasteiger charge is 2.36. The number of benzene rings is 1. The highest BCUT2D eigenvalue weighted by molar-refractivity contribution is 5.82. The van der Waals surface area contributed by atoms with Gasteiger partial charge in [0, 0.05) is 24.8 Å². The van der Waals surface area contributed by atoms with Crippen LogP contribution < -0.4 is 5.32 Å². The van der Waals surface area contributed by atoms with Crippen molar-refractivity contribution in [3.05, 3.63) is 36.0 Å². The molecule has 2 nitrogen and oxygen atoms in total. The normalized spacial score (nSPS) is 17.8. The SMILES string of the molecule is CC1(CNCc2cccc3cc[nH]c23)CC1. The number of hydrogen-bond donors (Lipinski definition) is 2. The predicted octanol–water partition coefficient (Wildman–Crippen LogP) is 3.06. The number of hydrogen-bond acceptors (Lipinski definition) is 1. The third-order valence-electron chi connectivity index (χ3n) is 3.64. The van der Waals surface area contributed by atoms with Crippen LogP contribution >= 0.6 is 0 Å². The average molecular weight is 214 g/mol. The van der Waals surface area contributed by atoms with Gasteiger partial charge in [0.25, 0.3) is 0 Å². The molecule has 0 unspecified atom stereocenters. The van der Waals surface area contributed by atoms with Crippen molar-refractivity contribution >= 4 is 10.9 Å². The summed E-state index contributed by atoms with van der Waals surface area (Å²) in [6.45, 7) is 4.47. The second-order valence-electron chi connectivity index (χ2n) is 5.27. The van der Waals surface area contributed by atoms with E-state index in [1.165, 1.54) is 29.3 Å². The minimum atomic E-state index is 0.587. The quantitative estimate of drug-likeness (QED) is 0.804. The van der Waals surface area contributed by atoms with E-state index >= 15 is 0 Å². The number of H-pyrrole nitrogens is 1. The van der Waals surface area contributed by atoms with E-state index in [4.69, 9.17) is 0 Å². The fraction of sp³-hybridized carbons (Fsp3) is 0.429. The van der Waals surface area contributed by atoms with Crippen LogP contribution in [0.15, 0.2) is 30.5 Å². The van der Waals surface area contributed by atoms with Gasteiger partial charge in [-0.1, -0.05) is 25.1 Å². The van der Waals surface area contributed by atoms with Crippen LogP contribution in [0, 0.1) is 5.41 Å². The molecule has 1 fully saturated rings. The first kappa shape index (κ1) is 9.91. The Morgan fingerprint density at radius 1 is 1.31 bits per heavy atom. The van der Waals surface area contributed by atoms with E-state index in [1.54, 1.807) is 0 Å². The average Bonchev–Trinajstić information content (AvgIpc) is 2.82. The predicted molar refractivity (Wildman–Crippen MR) is 67.3 cm³/mol. The van der Waals surface area contributed by atoms with Crippen LogP contribution in [0.1, 0.15) is 25.3 Å². The molecule has 2 aromatic rings. The minimum absolute atomic E-state index is 0.587. The maximum absolute atomic E-state index is 3.57. The Hall–Kier alpha value is -1.28. The fourth-order valence-electron chi connectivity index (χ4n) is 2.19. The Labute approximate surface area is 96.1 Å². The van der Waals surface area contributed by atoms with Gasteiger partial charge in [0.1, 0.15) is 0 Å². The molecule has 2 N–H and O–H groups in total. The van der Waals surface area contributed by atoms with E-state index in [0.29, 0.717) is 5.41 Å². The molecule has 1 heterocycles. The number of rotatable bonds is 4. The van der Waals surface area contributed by atoms with Crippen LogP contribution in [0.5, 0.6) is 0 Å². The molecule has 0 spiro atoms. The van der Waals surface area contributed by atoms with E-state index in [9.17, 15) is 0 Å². The summed E-state index contributed by atoms with van der Waals surface area (Å²) in [6, 6.07) is 8.60. The summed E-state index contributed by atoms with van der Waals surface area (Å²) in [6.07, 6.45) is 4.77. The monoisotopic (exact) mass is 214 g/mol. The standard InChI is InChI=1S/C14H18N2/c1-14(6-7-14)10-15-9-12-4-2-3-11-5-8-16-13(11)12/h2-5,8,15-16H,6-7,9-10H2,1H3. The van der Waals surface area contributed by atoms with Gasteiger partial charge < -0.3 is 10.3 Å². The van der Waals surface area contributed by atoms with Gasteiger partial charge in [-0.25, -0.2) is 0 Å². The Balaban J connectivity index is 1.71. The van der Waals surface area contributed by atoms with Gasteiger partial charge in [0.05, 0.1) is 0 Å². The Bertz CT molecular complexity index is 494. The molecule has 0 aliphatic heterocycles. The van der Waals surface area contributed by atoms with Crippen LogP contribution in [0.2, 0.25) is 0 Å². The maximum Gasteiger partial charge on any atom is 0.0499 e. The van der Waals surface area contributed by atoms with E-state index in [-0.39, 0.29) is 0 Å². The van der Waals surface area contributed by atoms with Crippen LogP contribution in [0.25, 0.3) is 10.9 Å². The molecule has 0 radical (unpaired) electrons. The fourth-order valence-corrected chi connectivity index (χ4v) is 2.19. The summed E-state index contributed by atoms with van der Waals surface area (Å²) in [4.78, 5) is 3.31. The third-order valence-corrected chi connectivity index (χ3v) is 3.64. The Morgan fingerprint density at radius 2 is 2.19 bits per heavy atom. The molecule has 2 heteroatoms. The molecule has 1 aliphatic carbocycles. The summed E-state index contributed by atoms with van der Waals surface area (Å²) >= 11 is 0. The molecule has 1 aromatic heterocycles. The van der Waals surface area contributed by atoms with Crippen molar-refractivity contribution in [2.24, 2.45) is 5.41 Å². The van der Waals surface area contributed by atoms with E-state index in [0.717, 1.165) is 13.1 Å². The summed E-state index contributed by atoms with van der Waals surface area (Å²) in [5, 5.41) is 4.87.